The topological polar surface area (TPSA) is 91.6 Å². The number of carbonyl (C=O) groups is 2. The lowest BCUT2D eigenvalue weighted by Gasteiger charge is -2.30. The zero-order valence-corrected chi connectivity index (χ0v) is 16.6. The first-order valence-electron chi connectivity index (χ1n) is 9.31. The molecule has 0 atom stereocenters. The predicted octanol–water partition coefficient (Wildman–Crippen LogP) is 2.53. The summed E-state index contributed by atoms with van der Waals surface area (Å²) in [6.07, 6.45) is 3.02. The Hall–Kier alpha value is -2.87. The number of hydrogen-bond donors (Lipinski definition) is 2. The maximum Gasteiger partial charge on any atom is 0.274 e. The molecule has 0 saturated carbocycles. The van der Waals surface area contributed by atoms with Gasteiger partial charge in [-0.05, 0) is 24.1 Å². The minimum absolute atomic E-state index is 0.0242. The molecule has 1 aromatic heterocycles. The van der Waals surface area contributed by atoms with Gasteiger partial charge in [0.25, 0.3) is 11.8 Å². The minimum atomic E-state index is -0.912. The van der Waals surface area contributed by atoms with Crippen LogP contribution in [0.2, 0.25) is 5.02 Å². The number of unbranched alkanes of at least 4 members (excludes halogenated alkanes) is 1. The summed E-state index contributed by atoms with van der Waals surface area (Å²) in [7, 11) is 0. The van der Waals surface area contributed by atoms with Crippen LogP contribution < -0.4 is 10.7 Å². The van der Waals surface area contributed by atoms with Crippen molar-refractivity contribution >= 4 is 23.4 Å². The van der Waals surface area contributed by atoms with E-state index in [0.29, 0.717) is 25.2 Å². The summed E-state index contributed by atoms with van der Waals surface area (Å²) in [5.41, 5.74) is -0.815. The van der Waals surface area contributed by atoms with Gasteiger partial charge < -0.3 is 19.9 Å². The van der Waals surface area contributed by atoms with Gasteiger partial charge in [0.05, 0.1) is 0 Å². The van der Waals surface area contributed by atoms with Gasteiger partial charge in [0.15, 0.2) is 11.4 Å². The van der Waals surface area contributed by atoms with Gasteiger partial charge >= 0.3 is 0 Å². The summed E-state index contributed by atoms with van der Waals surface area (Å²) in [6.45, 7) is 3.32. The Bertz CT molecular complexity index is 1020. The van der Waals surface area contributed by atoms with Crippen molar-refractivity contribution in [3.05, 3.63) is 62.3 Å². The molecule has 1 aliphatic heterocycles. The molecule has 2 aromatic rings. The summed E-state index contributed by atoms with van der Waals surface area (Å²) in [4.78, 5) is 39.2. The average molecular weight is 422 g/mol. The number of hydrogen-bond acceptors (Lipinski definition) is 4. The van der Waals surface area contributed by atoms with Gasteiger partial charge in [-0.2, -0.15) is 0 Å². The van der Waals surface area contributed by atoms with E-state index in [0.717, 1.165) is 18.9 Å². The van der Waals surface area contributed by atoms with Crippen molar-refractivity contribution < 1.29 is 19.1 Å². The third-order valence-electron chi connectivity index (χ3n) is 4.84. The van der Waals surface area contributed by atoms with Crippen molar-refractivity contribution in [2.24, 2.45) is 0 Å². The smallest absolute Gasteiger partial charge is 0.274 e. The van der Waals surface area contributed by atoms with Crippen molar-refractivity contribution in [1.29, 1.82) is 0 Å². The molecule has 3 rings (SSSR count). The fourth-order valence-electron chi connectivity index (χ4n) is 3.19. The maximum atomic E-state index is 13.1. The van der Waals surface area contributed by atoms with Gasteiger partial charge in [-0.15, -0.1) is 0 Å². The second kappa shape index (κ2) is 8.65. The number of carbonyl (C=O) groups excluding carboxylic acids is 2. The summed E-state index contributed by atoms with van der Waals surface area (Å²) in [5, 5.41) is 13.0. The van der Waals surface area contributed by atoms with Crippen LogP contribution in [0.5, 0.6) is 5.75 Å². The summed E-state index contributed by atoms with van der Waals surface area (Å²) in [6, 6.07) is 3.76. The van der Waals surface area contributed by atoms with E-state index in [1.165, 1.54) is 22.9 Å². The standard InChI is InChI=1S/C20H21ClFN3O4/c1-2-3-6-24-7-8-25-11-14(17(26)18(27)16(25)20(24)29)19(28)23-10-12-4-5-13(22)9-15(12)21/h4-5,9,11,27H,2-3,6-8,10H2,1H3,(H,23,28). The molecule has 0 fully saturated rings. The monoisotopic (exact) mass is 421 g/mol. The Kier molecular flexibility index (Phi) is 6.22. The van der Waals surface area contributed by atoms with Crippen LogP contribution in [0, 0.1) is 5.82 Å². The van der Waals surface area contributed by atoms with Crippen LogP contribution in [0.1, 0.15) is 46.2 Å². The van der Waals surface area contributed by atoms with Crippen LogP contribution in [0.15, 0.2) is 29.2 Å². The van der Waals surface area contributed by atoms with Gasteiger partial charge in [0.2, 0.25) is 5.43 Å². The number of aromatic nitrogens is 1. The second-order valence-corrected chi connectivity index (χ2v) is 7.23. The molecule has 9 heteroatoms. The highest BCUT2D eigenvalue weighted by molar-refractivity contribution is 6.31. The predicted molar refractivity (Wildman–Crippen MR) is 106 cm³/mol. The number of nitrogens with one attached hydrogen (secondary N) is 1. The summed E-state index contributed by atoms with van der Waals surface area (Å²) in [5.74, 6) is -2.38. The first-order valence-corrected chi connectivity index (χ1v) is 9.69. The number of amides is 2. The lowest BCUT2D eigenvalue weighted by molar-refractivity contribution is 0.0693. The number of benzene rings is 1. The first-order chi connectivity index (χ1) is 13.8. The van der Waals surface area contributed by atoms with Crippen LogP contribution in [-0.4, -0.2) is 39.5 Å². The molecule has 2 amide bonds. The van der Waals surface area contributed by atoms with Gasteiger partial charge in [-0.3, -0.25) is 14.4 Å². The number of halogens is 2. The van der Waals surface area contributed by atoms with E-state index in [4.69, 9.17) is 11.6 Å². The third-order valence-corrected chi connectivity index (χ3v) is 5.19. The molecule has 2 heterocycles. The maximum absolute atomic E-state index is 13.1. The quantitative estimate of drug-likeness (QED) is 0.749. The van der Waals surface area contributed by atoms with E-state index in [-0.39, 0.29) is 22.8 Å². The van der Waals surface area contributed by atoms with E-state index >= 15 is 0 Å². The normalized spacial score (nSPS) is 13.3. The highest BCUT2D eigenvalue weighted by atomic mass is 35.5. The van der Waals surface area contributed by atoms with Crippen LogP contribution in [-0.2, 0) is 13.1 Å². The van der Waals surface area contributed by atoms with Crippen LogP contribution in [0.4, 0.5) is 4.39 Å². The van der Waals surface area contributed by atoms with Gasteiger partial charge in [-0.25, -0.2) is 4.39 Å². The molecule has 154 valence electrons. The number of fused-ring (bicyclic) bond motifs is 1. The molecule has 0 radical (unpaired) electrons. The lowest BCUT2D eigenvalue weighted by Crippen LogP contribution is -2.43. The molecule has 29 heavy (non-hydrogen) atoms. The SMILES string of the molecule is CCCCN1CCn2cc(C(=O)NCc3ccc(F)cc3Cl)c(=O)c(O)c2C1=O. The number of pyridine rings is 1. The van der Waals surface area contributed by atoms with Crippen molar-refractivity contribution in [2.45, 2.75) is 32.9 Å². The molecular weight excluding hydrogens is 401 g/mol. The van der Waals surface area contributed by atoms with E-state index in [9.17, 15) is 23.9 Å². The molecule has 1 aliphatic rings. The average Bonchev–Trinajstić information content (AvgIpc) is 2.69. The Labute approximate surface area is 171 Å². The Morgan fingerprint density at radius 2 is 2.07 bits per heavy atom. The molecule has 0 bridgehead atoms. The zero-order valence-electron chi connectivity index (χ0n) is 15.9. The fraction of sp³-hybridized carbons (Fsp3) is 0.350. The molecule has 0 unspecified atom stereocenters. The third kappa shape index (κ3) is 4.27. The van der Waals surface area contributed by atoms with E-state index in [2.05, 4.69) is 5.32 Å². The Morgan fingerprint density at radius 1 is 1.31 bits per heavy atom. The molecule has 1 aromatic carbocycles. The van der Waals surface area contributed by atoms with Crippen molar-refractivity contribution in [3.8, 4) is 5.75 Å². The Morgan fingerprint density at radius 3 is 2.76 bits per heavy atom. The van der Waals surface area contributed by atoms with Crippen molar-refractivity contribution in [3.63, 3.8) is 0 Å². The van der Waals surface area contributed by atoms with E-state index < -0.39 is 28.8 Å². The zero-order chi connectivity index (χ0) is 21.1. The van der Waals surface area contributed by atoms with Crippen molar-refractivity contribution in [2.75, 3.05) is 13.1 Å². The van der Waals surface area contributed by atoms with Crippen LogP contribution in [0.3, 0.4) is 0 Å². The number of nitrogens with zero attached hydrogens (tertiary/aromatic N) is 2. The largest absolute Gasteiger partial charge is 0.503 e. The van der Waals surface area contributed by atoms with E-state index in [1.54, 1.807) is 4.90 Å². The van der Waals surface area contributed by atoms with Crippen LogP contribution >= 0.6 is 11.6 Å². The fourth-order valence-corrected chi connectivity index (χ4v) is 3.42. The molecule has 7 nitrogen and oxygen atoms in total. The molecule has 0 saturated heterocycles. The van der Waals surface area contributed by atoms with E-state index in [1.807, 2.05) is 6.92 Å². The second-order valence-electron chi connectivity index (χ2n) is 6.83. The highest BCUT2D eigenvalue weighted by Gasteiger charge is 2.30. The molecular formula is C20H21ClFN3O4. The lowest BCUT2D eigenvalue weighted by atomic mass is 10.1. The Balaban J connectivity index is 1.82. The summed E-state index contributed by atoms with van der Waals surface area (Å²) < 4.78 is 14.6. The number of rotatable bonds is 6. The molecule has 0 spiro atoms. The molecule has 0 aliphatic carbocycles. The van der Waals surface area contributed by atoms with Crippen molar-refractivity contribution in [1.82, 2.24) is 14.8 Å². The highest BCUT2D eigenvalue weighted by Crippen LogP contribution is 2.21. The van der Waals surface area contributed by atoms with Gasteiger partial charge in [-0.1, -0.05) is 31.0 Å². The first kappa shape index (κ1) is 20.9. The van der Waals surface area contributed by atoms with Gasteiger partial charge in [0.1, 0.15) is 11.4 Å². The molecule has 2 N–H and O–H groups in total. The van der Waals surface area contributed by atoms with Crippen LogP contribution in [0.25, 0.3) is 0 Å². The van der Waals surface area contributed by atoms with Gasteiger partial charge in [0, 0.05) is 37.4 Å². The summed E-state index contributed by atoms with van der Waals surface area (Å²) >= 11 is 5.94. The minimum Gasteiger partial charge on any atom is -0.503 e. The number of aromatic hydroxyl groups is 1.